The number of rotatable bonds is 1. The summed E-state index contributed by atoms with van der Waals surface area (Å²) in [6.07, 6.45) is 1.11. The molecule has 2 N–H and O–H groups in total. The first-order valence-corrected chi connectivity index (χ1v) is 8.83. The van der Waals surface area contributed by atoms with Gasteiger partial charge in [-0.3, -0.25) is 0 Å². The average molecular weight is 310 g/mol. The Morgan fingerprint density at radius 3 is 2.19 bits per heavy atom. The maximum atomic E-state index is 3.62. The molecule has 0 aliphatic carbocycles. The second-order valence-electron chi connectivity index (χ2n) is 5.57. The Hall–Kier alpha value is -1.78. The molecule has 2 nitrogen and oxygen atoms in total. The van der Waals surface area contributed by atoms with Gasteiger partial charge in [-0.25, -0.2) is 0 Å². The highest BCUT2D eigenvalue weighted by molar-refractivity contribution is 7.20. The van der Waals surface area contributed by atoms with Crippen LogP contribution in [0.3, 0.4) is 0 Å². The van der Waals surface area contributed by atoms with E-state index >= 15 is 0 Å². The van der Waals surface area contributed by atoms with Gasteiger partial charge < -0.3 is 9.97 Å². The monoisotopic (exact) mass is 310 g/mol. The van der Waals surface area contributed by atoms with Crippen LogP contribution in [0.5, 0.6) is 0 Å². The number of H-pyrrole nitrogens is 2. The molecule has 0 aliphatic rings. The van der Waals surface area contributed by atoms with Gasteiger partial charge in [0.15, 0.2) is 0 Å². The SMILES string of the molecule is CCc1cc2[nH]c3c(ccc4c3[nH]c3cc(C)sc34)c2s1. The van der Waals surface area contributed by atoms with Crippen molar-refractivity contribution in [3.8, 4) is 0 Å². The zero-order valence-electron chi connectivity index (χ0n) is 11.8. The Kier molecular flexibility index (Phi) is 2.20. The number of aromatic amines is 2. The van der Waals surface area contributed by atoms with Crippen molar-refractivity contribution in [2.24, 2.45) is 0 Å². The lowest BCUT2D eigenvalue weighted by Gasteiger charge is -1.94. The molecule has 5 aromatic rings. The summed E-state index contributed by atoms with van der Waals surface area (Å²) >= 11 is 3.78. The third-order valence-electron chi connectivity index (χ3n) is 4.20. The predicted octanol–water partition coefficient (Wildman–Crippen LogP) is 5.95. The zero-order chi connectivity index (χ0) is 14.1. The van der Waals surface area contributed by atoms with Crippen LogP contribution in [-0.2, 0) is 6.42 Å². The summed E-state index contributed by atoms with van der Waals surface area (Å²) in [7, 11) is 0. The van der Waals surface area contributed by atoms with Crippen LogP contribution in [0, 0.1) is 6.92 Å². The number of aryl methyl sites for hydroxylation is 2. The van der Waals surface area contributed by atoms with Crippen LogP contribution >= 0.6 is 22.7 Å². The molecule has 0 radical (unpaired) electrons. The third-order valence-corrected chi connectivity index (χ3v) is 6.60. The summed E-state index contributed by atoms with van der Waals surface area (Å²) < 4.78 is 2.76. The van der Waals surface area contributed by atoms with Gasteiger partial charge in [-0.15, -0.1) is 22.7 Å². The van der Waals surface area contributed by atoms with Crippen LogP contribution in [0.1, 0.15) is 16.7 Å². The van der Waals surface area contributed by atoms with E-state index in [9.17, 15) is 0 Å². The summed E-state index contributed by atoms with van der Waals surface area (Å²) in [6.45, 7) is 4.38. The molecule has 0 bridgehead atoms. The fraction of sp³-hybridized carbons (Fsp3) is 0.176. The first kappa shape index (κ1) is 11.8. The van der Waals surface area contributed by atoms with E-state index in [1.807, 2.05) is 22.7 Å². The van der Waals surface area contributed by atoms with Gasteiger partial charge in [-0.05, 0) is 25.5 Å². The highest BCUT2D eigenvalue weighted by atomic mass is 32.1. The molecule has 0 fully saturated rings. The summed E-state index contributed by atoms with van der Waals surface area (Å²) in [6, 6.07) is 9.08. The van der Waals surface area contributed by atoms with E-state index in [-0.39, 0.29) is 0 Å². The van der Waals surface area contributed by atoms with Gasteiger partial charge in [0, 0.05) is 20.5 Å². The lowest BCUT2D eigenvalue weighted by Crippen LogP contribution is -1.74. The van der Waals surface area contributed by atoms with E-state index < -0.39 is 0 Å². The fourth-order valence-corrected chi connectivity index (χ4v) is 5.31. The third kappa shape index (κ3) is 1.46. The predicted molar refractivity (Wildman–Crippen MR) is 95.0 cm³/mol. The Labute approximate surface area is 129 Å². The standard InChI is InChI=1S/C17H14N2S2/c1-3-9-7-13-17(21-9)11-5-4-10-14(15(11)19-13)18-12-6-8(2)20-16(10)12/h4-7,18-19H,3H2,1-2H3. The van der Waals surface area contributed by atoms with E-state index in [0.717, 1.165) is 6.42 Å². The largest absolute Gasteiger partial charge is 0.352 e. The molecule has 21 heavy (non-hydrogen) atoms. The number of aromatic nitrogens is 2. The summed E-state index contributed by atoms with van der Waals surface area (Å²) in [4.78, 5) is 10.0. The molecule has 5 rings (SSSR count). The Balaban J connectivity index is 1.96. The Morgan fingerprint density at radius 2 is 1.52 bits per heavy atom. The minimum Gasteiger partial charge on any atom is -0.352 e. The maximum Gasteiger partial charge on any atom is 0.0719 e. The molecular weight excluding hydrogens is 296 g/mol. The number of thiophene rings is 2. The van der Waals surface area contributed by atoms with Crippen molar-refractivity contribution in [2.45, 2.75) is 20.3 Å². The zero-order valence-corrected chi connectivity index (χ0v) is 13.5. The van der Waals surface area contributed by atoms with Crippen molar-refractivity contribution in [3.63, 3.8) is 0 Å². The quantitative estimate of drug-likeness (QED) is 0.383. The smallest absolute Gasteiger partial charge is 0.0719 e. The molecule has 0 atom stereocenters. The van der Waals surface area contributed by atoms with Gasteiger partial charge >= 0.3 is 0 Å². The van der Waals surface area contributed by atoms with E-state index in [1.54, 1.807) is 0 Å². The van der Waals surface area contributed by atoms with E-state index in [4.69, 9.17) is 0 Å². The van der Waals surface area contributed by atoms with Gasteiger partial charge in [0.2, 0.25) is 0 Å². The molecule has 1 aromatic carbocycles. The number of nitrogens with one attached hydrogen (secondary N) is 2. The van der Waals surface area contributed by atoms with Crippen molar-refractivity contribution < 1.29 is 0 Å². The molecule has 0 saturated carbocycles. The van der Waals surface area contributed by atoms with Crippen LogP contribution in [0.15, 0.2) is 24.3 Å². The van der Waals surface area contributed by atoms with Crippen molar-refractivity contribution in [1.82, 2.24) is 9.97 Å². The molecule has 0 spiro atoms. The first-order chi connectivity index (χ1) is 10.2. The van der Waals surface area contributed by atoms with Crippen LogP contribution in [0.25, 0.3) is 42.2 Å². The molecule has 0 saturated heterocycles. The molecule has 0 unspecified atom stereocenters. The second-order valence-corrected chi connectivity index (χ2v) is 7.96. The molecule has 104 valence electrons. The topological polar surface area (TPSA) is 31.6 Å². The van der Waals surface area contributed by atoms with E-state index in [2.05, 4.69) is 48.1 Å². The lowest BCUT2D eigenvalue weighted by molar-refractivity contribution is 1.19. The fourth-order valence-electron chi connectivity index (χ4n) is 3.23. The van der Waals surface area contributed by atoms with Crippen molar-refractivity contribution in [3.05, 3.63) is 34.0 Å². The number of benzene rings is 1. The molecule has 4 aromatic heterocycles. The van der Waals surface area contributed by atoms with Crippen molar-refractivity contribution in [1.29, 1.82) is 0 Å². The molecule has 4 heteroatoms. The lowest BCUT2D eigenvalue weighted by atomic mass is 10.2. The van der Waals surface area contributed by atoms with E-state index in [1.165, 1.54) is 52.0 Å². The number of hydrogen-bond acceptors (Lipinski definition) is 2. The van der Waals surface area contributed by atoms with Gasteiger partial charge in [0.1, 0.15) is 0 Å². The Bertz CT molecular complexity index is 1130. The second kappa shape index (κ2) is 3.90. The van der Waals surface area contributed by atoms with Crippen LogP contribution in [-0.4, -0.2) is 9.97 Å². The minimum absolute atomic E-state index is 1.11. The number of fused-ring (bicyclic) bond motifs is 7. The highest BCUT2D eigenvalue weighted by Crippen LogP contribution is 2.39. The van der Waals surface area contributed by atoms with E-state index in [0.29, 0.717) is 0 Å². The molecular formula is C17H14N2S2. The minimum atomic E-state index is 1.11. The molecule has 0 aliphatic heterocycles. The average Bonchev–Trinajstić information content (AvgIpc) is 3.15. The van der Waals surface area contributed by atoms with Gasteiger partial charge in [0.05, 0.1) is 31.5 Å². The summed E-state index contributed by atoms with van der Waals surface area (Å²) in [5, 5.41) is 2.67. The van der Waals surface area contributed by atoms with Crippen LogP contribution in [0.4, 0.5) is 0 Å². The van der Waals surface area contributed by atoms with Crippen molar-refractivity contribution >= 4 is 64.9 Å². The highest BCUT2D eigenvalue weighted by Gasteiger charge is 2.14. The molecule has 4 heterocycles. The van der Waals surface area contributed by atoms with Gasteiger partial charge in [0.25, 0.3) is 0 Å². The summed E-state index contributed by atoms with van der Waals surface area (Å²) in [5.74, 6) is 0. The van der Waals surface area contributed by atoms with Crippen LogP contribution in [0.2, 0.25) is 0 Å². The maximum absolute atomic E-state index is 3.62. The van der Waals surface area contributed by atoms with Crippen molar-refractivity contribution in [2.75, 3.05) is 0 Å². The van der Waals surface area contributed by atoms with Gasteiger partial charge in [-0.1, -0.05) is 19.1 Å². The normalized spacial score (nSPS) is 12.5. The summed E-state index contributed by atoms with van der Waals surface area (Å²) in [5.41, 5.74) is 5.02. The first-order valence-electron chi connectivity index (χ1n) is 7.19. The van der Waals surface area contributed by atoms with Gasteiger partial charge in [-0.2, -0.15) is 0 Å². The van der Waals surface area contributed by atoms with Crippen LogP contribution < -0.4 is 0 Å². The molecule has 0 amide bonds. The number of hydrogen-bond donors (Lipinski definition) is 2. The Morgan fingerprint density at radius 1 is 0.905 bits per heavy atom.